The summed E-state index contributed by atoms with van der Waals surface area (Å²) in [5.74, 6) is 0.336. The molecular weight excluding hydrogens is 338 g/mol. The van der Waals surface area contributed by atoms with Crippen LogP contribution in [-0.4, -0.2) is 60.5 Å². The molecule has 2 atom stereocenters. The second-order valence-corrected chi connectivity index (χ2v) is 7.89. The van der Waals surface area contributed by atoms with Crippen molar-refractivity contribution in [2.45, 2.75) is 47.5 Å². The summed E-state index contributed by atoms with van der Waals surface area (Å²) < 4.78 is 0.703. The van der Waals surface area contributed by atoms with Crippen molar-refractivity contribution >= 4 is 17.5 Å². The van der Waals surface area contributed by atoms with Crippen molar-refractivity contribution in [1.82, 2.24) is 4.90 Å². The number of carbonyl (C=O) groups is 2. The maximum absolute atomic E-state index is 12.8. The van der Waals surface area contributed by atoms with Crippen LogP contribution in [0.5, 0.6) is 0 Å². The average Bonchev–Trinajstić information content (AvgIpc) is 2.66. The predicted molar refractivity (Wildman–Crippen MR) is 111 cm³/mol. The number of likely N-dealkylation sites (tertiary alicyclic amines) is 1. The van der Waals surface area contributed by atoms with Crippen LogP contribution in [0.25, 0.3) is 0 Å². The first-order valence-corrected chi connectivity index (χ1v) is 10.4. The molecule has 1 aliphatic heterocycles. The maximum Gasteiger partial charge on any atom is 0.279 e. The van der Waals surface area contributed by atoms with Crippen LogP contribution < -0.4 is 5.32 Å². The molecule has 0 radical (unpaired) electrons. The molecule has 5 heteroatoms. The molecule has 1 aromatic rings. The molecule has 1 N–H and O–H groups in total. The van der Waals surface area contributed by atoms with Gasteiger partial charge in [-0.15, -0.1) is 0 Å². The normalized spacial score (nSPS) is 22.3. The fourth-order valence-electron chi connectivity index (χ4n) is 4.36. The molecule has 1 aromatic carbocycles. The summed E-state index contributed by atoms with van der Waals surface area (Å²) in [4.78, 5) is 27.6. The fraction of sp³-hybridized carbons (Fsp3) is 0.636. The number of carbonyl (C=O) groups excluding carboxylic acids is 2. The third-order valence-electron chi connectivity index (χ3n) is 6.11. The van der Waals surface area contributed by atoms with E-state index in [1.54, 1.807) is 0 Å². The summed E-state index contributed by atoms with van der Waals surface area (Å²) >= 11 is 0. The lowest BCUT2D eigenvalue weighted by Crippen LogP contribution is -2.59. The van der Waals surface area contributed by atoms with Gasteiger partial charge in [0.15, 0.2) is 6.54 Å². The zero-order valence-corrected chi connectivity index (χ0v) is 17.7. The van der Waals surface area contributed by atoms with Crippen LogP contribution in [0.15, 0.2) is 18.2 Å². The van der Waals surface area contributed by atoms with Crippen molar-refractivity contribution in [2.24, 2.45) is 5.92 Å². The van der Waals surface area contributed by atoms with E-state index in [0.29, 0.717) is 11.0 Å². The molecule has 2 rings (SSSR count). The molecule has 0 bridgehead atoms. The first-order chi connectivity index (χ1) is 12.9. The van der Waals surface area contributed by atoms with E-state index in [1.165, 1.54) is 0 Å². The van der Waals surface area contributed by atoms with E-state index in [0.717, 1.165) is 62.4 Å². The number of nitrogens with one attached hydrogen (secondary N) is 1. The molecule has 1 saturated heterocycles. The Morgan fingerprint density at radius 2 is 1.78 bits per heavy atom. The largest absolute Gasteiger partial charge is 0.343 e. The smallest absolute Gasteiger partial charge is 0.279 e. The van der Waals surface area contributed by atoms with Crippen LogP contribution in [0.3, 0.4) is 0 Å². The highest BCUT2D eigenvalue weighted by molar-refractivity contribution is 5.93. The standard InChI is InChI=1S/C22H35N3O2/c1-6-24(7-2)22(27)19-13-10-14-25(8-3,15-19)16-20(26)23-21-17(4)11-9-12-18(21)5/h9,11-12,19H,6-8,10,13-16H2,1-5H3/p+1. The van der Waals surface area contributed by atoms with Crippen LogP contribution in [0.4, 0.5) is 5.69 Å². The van der Waals surface area contributed by atoms with E-state index in [-0.39, 0.29) is 17.7 Å². The number of hydrogen-bond donors (Lipinski definition) is 1. The summed E-state index contributed by atoms with van der Waals surface area (Å²) in [6.45, 7) is 14.8. The molecule has 2 amide bonds. The van der Waals surface area contributed by atoms with Gasteiger partial charge in [0.1, 0.15) is 0 Å². The monoisotopic (exact) mass is 374 g/mol. The van der Waals surface area contributed by atoms with Gasteiger partial charge in [0.25, 0.3) is 5.91 Å². The molecular formula is C22H36N3O2+. The zero-order chi connectivity index (χ0) is 20.0. The van der Waals surface area contributed by atoms with E-state index in [1.807, 2.05) is 50.8 Å². The maximum atomic E-state index is 12.8. The molecule has 27 heavy (non-hydrogen) atoms. The molecule has 150 valence electrons. The highest BCUT2D eigenvalue weighted by atomic mass is 16.2. The predicted octanol–water partition coefficient (Wildman–Crippen LogP) is 3.36. The van der Waals surface area contributed by atoms with E-state index >= 15 is 0 Å². The van der Waals surface area contributed by atoms with E-state index in [4.69, 9.17) is 0 Å². The number of hydrogen-bond acceptors (Lipinski definition) is 2. The highest BCUT2D eigenvalue weighted by Gasteiger charge is 2.39. The number of benzene rings is 1. The molecule has 1 heterocycles. The lowest BCUT2D eigenvalue weighted by atomic mass is 9.93. The van der Waals surface area contributed by atoms with Crippen LogP contribution in [-0.2, 0) is 9.59 Å². The SMILES string of the molecule is CCN(CC)C(=O)C1CCC[N+](CC)(CC(=O)Nc2c(C)cccc2C)C1. The minimum absolute atomic E-state index is 0.0339. The molecule has 1 aliphatic rings. The second-order valence-electron chi connectivity index (χ2n) is 7.89. The van der Waals surface area contributed by atoms with Gasteiger partial charge in [0, 0.05) is 18.8 Å². The quantitative estimate of drug-likeness (QED) is 0.744. The van der Waals surface area contributed by atoms with Crippen molar-refractivity contribution in [3.05, 3.63) is 29.3 Å². The number of quaternary nitrogens is 1. The first kappa shape index (κ1) is 21.4. The van der Waals surface area contributed by atoms with Gasteiger partial charge < -0.3 is 14.7 Å². The number of rotatable bonds is 7. The molecule has 1 fully saturated rings. The van der Waals surface area contributed by atoms with Crippen molar-refractivity contribution in [1.29, 1.82) is 0 Å². The second kappa shape index (κ2) is 9.36. The van der Waals surface area contributed by atoms with Gasteiger partial charge in [0.05, 0.1) is 25.6 Å². The number of para-hydroxylation sites is 1. The fourth-order valence-corrected chi connectivity index (χ4v) is 4.36. The summed E-state index contributed by atoms with van der Waals surface area (Å²) in [7, 11) is 0. The highest BCUT2D eigenvalue weighted by Crippen LogP contribution is 2.26. The Balaban J connectivity index is 2.09. The Labute approximate surface area is 164 Å². The number of anilines is 1. The van der Waals surface area contributed by atoms with E-state index < -0.39 is 0 Å². The van der Waals surface area contributed by atoms with Crippen molar-refractivity contribution in [2.75, 3.05) is 44.6 Å². The molecule has 2 unspecified atom stereocenters. The summed E-state index contributed by atoms with van der Waals surface area (Å²) in [6.07, 6.45) is 1.94. The molecule has 5 nitrogen and oxygen atoms in total. The minimum Gasteiger partial charge on any atom is -0.343 e. The Bertz CT molecular complexity index is 649. The number of likely N-dealkylation sites (N-methyl/N-ethyl adjacent to an activating group) is 1. The van der Waals surface area contributed by atoms with E-state index in [9.17, 15) is 9.59 Å². The molecule has 0 spiro atoms. The minimum atomic E-state index is 0.0339. The van der Waals surface area contributed by atoms with Crippen LogP contribution in [0, 0.1) is 19.8 Å². The molecule has 0 aliphatic carbocycles. The van der Waals surface area contributed by atoms with Gasteiger partial charge in [-0.1, -0.05) is 18.2 Å². The molecule has 0 saturated carbocycles. The number of nitrogens with zero attached hydrogens (tertiary/aromatic N) is 2. The van der Waals surface area contributed by atoms with Gasteiger partial charge in [-0.3, -0.25) is 9.59 Å². The third-order valence-corrected chi connectivity index (χ3v) is 6.11. The molecule has 0 aromatic heterocycles. The van der Waals surface area contributed by atoms with Gasteiger partial charge in [0.2, 0.25) is 5.91 Å². The topological polar surface area (TPSA) is 49.4 Å². The van der Waals surface area contributed by atoms with E-state index in [2.05, 4.69) is 12.2 Å². The van der Waals surface area contributed by atoms with Crippen LogP contribution in [0.2, 0.25) is 0 Å². The Kier molecular flexibility index (Phi) is 7.42. The summed E-state index contributed by atoms with van der Waals surface area (Å²) in [5, 5.41) is 3.12. The average molecular weight is 375 g/mol. The number of aryl methyl sites for hydroxylation is 2. The van der Waals surface area contributed by atoms with Gasteiger partial charge >= 0.3 is 0 Å². The van der Waals surface area contributed by atoms with Crippen molar-refractivity contribution in [3.8, 4) is 0 Å². The summed E-state index contributed by atoms with van der Waals surface area (Å²) in [5.41, 5.74) is 3.09. The van der Waals surface area contributed by atoms with Crippen molar-refractivity contribution in [3.63, 3.8) is 0 Å². The Hall–Kier alpha value is -1.88. The van der Waals surface area contributed by atoms with Crippen LogP contribution >= 0.6 is 0 Å². The van der Waals surface area contributed by atoms with Gasteiger partial charge in [-0.25, -0.2) is 0 Å². The first-order valence-electron chi connectivity index (χ1n) is 10.4. The van der Waals surface area contributed by atoms with Gasteiger partial charge in [-0.05, 0) is 58.6 Å². The lowest BCUT2D eigenvalue weighted by Gasteiger charge is -2.43. The Morgan fingerprint density at radius 1 is 1.15 bits per heavy atom. The third kappa shape index (κ3) is 5.10. The zero-order valence-electron chi connectivity index (χ0n) is 17.7. The van der Waals surface area contributed by atoms with Crippen molar-refractivity contribution < 1.29 is 14.1 Å². The number of piperidine rings is 1. The summed E-state index contributed by atoms with van der Waals surface area (Å²) in [6, 6.07) is 6.05. The van der Waals surface area contributed by atoms with Crippen LogP contribution in [0.1, 0.15) is 44.7 Å². The van der Waals surface area contributed by atoms with Gasteiger partial charge in [-0.2, -0.15) is 0 Å². The number of amides is 2. The lowest BCUT2D eigenvalue weighted by molar-refractivity contribution is -0.925. The Morgan fingerprint density at radius 3 is 2.33 bits per heavy atom.